The largest absolute Gasteiger partial charge is 0.453 e. The number of carbonyl (C=O) groups excluding carboxylic acids is 2. The second-order valence-corrected chi connectivity index (χ2v) is 10.1. The Kier molecular flexibility index (Phi) is 6.58. The van der Waals surface area contributed by atoms with Crippen LogP contribution in [0.3, 0.4) is 0 Å². The van der Waals surface area contributed by atoms with Gasteiger partial charge in [0.15, 0.2) is 17.4 Å². The minimum absolute atomic E-state index is 0.0431. The van der Waals surface area contributed by atoms with E-state index >= 15 is 0 Å². The molecule has 0 aliphatic heterocycles. The number of aryl methyl sites for hydroxylation is 2. The average Bonchev–Trinajstić information content (AvgIpc) is 3.71. The summed E-state index contributed by atoms with van der Waals surface area (Å²) in [6.45, 7) is 3.79. The van der Waals surface area contributed by atoms with Gasteiger partial charge in [0.2, 0.25) is 5.91 Å². The lowest BCUT2D eigenvalue weighted by atomic mass is 10.1. The molecule has 1 saturated carbocycles. The number of carbonyl (C=O) groups is 2. The summed E-state index contributed by atoms with van der Waals surface area (Å²) < 4.78 is 23.8. The van der Waals surface area contributed by atoms with Gasteiger partial charge in [-0.05, 0) is 74.2 Å². The van der Waals surface area contributed by atoms with Crippen LogP contribution in [0.5, 0.6) is 11.5 Å². The minimum Gasteiger partial charge on any atom is -0.453 e. The van der Waals surface area contributed by atoms with Gasteiger partial charge >= 0.3 is 0 Å². The number of rotatable bonds is 7. The van der Waals surface area contributed by atoms with Crippen molar-refractivity contribution in [2.45, 2.75) is 26.7 Å². The third kappa shape index (κ3) is 5.31. The molecule has 9 nitrogen and oxygen atoms in total. The third-order valence-corrected chi connectivity index (χ3v) is 6.91. The fraction of sp³-hybridized carbons (Fsp3) is 0.161. The molecular weight excluding hydrogens is 525 g/mol. The summed E-state index contributed by atoms with van der Waals surface area (Å²) in [6.07, 6.45) is 6.69. The Labute approximate surface area is 234 Å². The summed E-state index contributed by atoms with van der Waals surface area (Å²) in [6, 6.07) is 16.1. The molecule has 1 aliphatic carbocycles. The van der Waals surface area contributed by atoms with Gasteiger partial charge in [-0.1, -0.05) is 18.2 Å². The number of nitrogens with one attached hydrogen (secondary N) is 2. The van der Waals surface area contributed by atoms with E-state index in [1.54, 1.807) is 41.2 Å². The second kappa shape index (κ2) is 10.4. The Morgan fingerprint density at radius 1 is 0.976 bits per heavy atom. The molecule has 0 atom stereocenters. The van der Waals surface area contributed by atoms with E-state index < -0.39 is 17.3 Å². The summed E-state index contributed by atoms with van der Waals surface area (Å²) >= 11 is 0. The fourth-order valence-corrected chi connectivity index (χ4v) is 4.68. The Bertz CT molecular complexity index is 1870. The average molecular weight is 552 g/mol. The molecule has 0 unspecified atom stereocenters. The van der Waals surface area contributed by atoms with Crippen LogP contribution in [-0.2, 0) is 4.79 Å². The number of hydrogen-bond acceptors (Lipinski definition) is 5. The van der Waals surface area contributed by atoms with E-state index in [9.17, 15) is 18.8 Å². The van der Waals surface area contributed by atoms with Crippen LogP contribution in [0.2, 0.25) is 0 Å². The summed E-state index contributed by atoms with van der Waals surface area (Å²) in [4.78, 5) is 42.6. The van der Waals surface area contributed by atoms with Crippen LogP contribution in [0, 0.1) is 25.6 Å². The number of halogens is 1. The Morgan fingerprint density at radius 2 is 1.76 bits per heavy atom. The SMILES string of the molecule is Cc1cccc(C)c1-n1cccc(C(=O)Nc2ccc(Oc3ccc4nc(NC(=O)C5CC5)cn4c3)c(F)c2)c1=O. The number of hydrogen-bond donors (Lipinski definition) is 2. The van der Waals surface area contributed by atoms with Crippen LogP contribution < -0.4 is 20.9 Å². The first-order chi connectivity index (χ1) is 19.8. The Hall–Kier alpha value is -5.25. The predicted molar refractivity (Wildman–Crippen MR) is 152 cm³/mol. The summed E-state index contributed by atoms with van der Waals surface area (Å²) in [5.41, 5.74) is 2.73. The maximum atomic E-state index is 15.0. The van der Waals surface area contributed by atoms with Crippen LogP contribution in [0.4, 0.5) is 15.9 Å². The van der Waals surface area contributed by atoms with Crippen LogP contribution >= 0.6 is 0 Å². The first-order valence-corrected chi connectivity index (χ1v) is 13.1. The molecule has 2 amide bonds. The van der Waals surface area contributed by atoms with Gasteiger partial charge in [-0.3, -0.25) is 19.0 Å². The lowest BCUT2D eigenvalue weighted by molar-refractivity contribution is -0.117. The van der Waals surface area contributed by atoms with Crippen molar-refractivity contribution in [3.63, 3.8) is 0 Å². The molecule has 6 rings (SSSR count). The number of pyridine rings is 2. The molecule has 2 N–H and O–H groups in total. The molecule has 0 saturated heterocycles. The smallest absolute Gasteiger partial charge is 0.267 e. The van der Waals surface area contributed by atoms with Crippen LogP contribution in [-0.4, -0.2) is 25.8 Å². The molecule has 1 fully saturated rings. The highest BCUT2D eigenvalue weighted by Crippen LogP contribution is 2.31. The van der Waals surface area contributed by atoms with Crippen molar-refractivity contribution in [2.75, 3.05) is 10.6 Å². The van der Waals surface area contributed by atoms with Crippen LogP contribution in [0.1, 0.15) is 34.3 Å². The molecule has 10 heteroatoms. The van der Waals surface area contributed by atoms with Crippen molar-refractivity contribution in [3.05, 3.63) is 112 Å². The number of para-hydroxylation sites is 1. The van der Waals surface area contributed by atoms with Gasteiger partial charge in [0.05, 0.1) is 18.1 Å². The lowest BCUT2D eigenvalue weighted by Gasteiger charge is -2.14. The van der Waals surface area contributed by atoms with Gasteiger partial charge in [-0.2, -0.15) is 0 Å². The zero-order valence-corrected chi connectivity index (χ0v) is 22.3. The normalized spacial score (nSPS) is 12.8. The highest BCUT2D eigenvalue weighted by atomic mass is 19.1. The van der Waals surface area contributed by atoms with Crippen molar-refractivity contribution in [3.8, 4) is 17.2 Å². The standard InChI is InChI=1S/C31H26FN5O4/c1-18-5-3-6-19(2)28(18)37-14-4-7-23(31(37)40)30(39)33-21-10-12-25(24(32)15-21)41-22-11-13-27-34-26(17-36(27)16-22)35-29(38)20-8-9-20/h3-7,10-17,20H,8-9H2,1-2H3,(H,33,39)(H,35,38). The maximum absolute atomic E-state index is 15.0. The second-order valence-electron chi connectivity index (χ2n) is 10.1. The zero-order chi connectivity index (χ0) is 28.7. The van der Waals surface area contributed by atoms with Crippen LogP contribution in [0.15, 0.2) is 84.0 Å². The van der Waals surface area contributed by atoms with Gasteiger partial charge < -0.3 is 19.8 Å². The number of ether oxygens (including phenoxy) is 1. The highest BCUT2D eigenvalue weighted by Gasteiger charge is 2.30. The lowest BCUT2D eigenvalue weighted by Crippen LogP contribution is -2.28. The molecule has 3 aromatic heterocycles. The number of anilines is 2. The Balaban J connectivity index is 1.17. The van der Waals surface area contributed by atoms with Crippen LogP contribution in [0.25, 0.3) is 11.3 Å². The topological polar surface area (TPSA) is 107 Å². The first-order valence-electron chi connectivity index (χ1n) is 13.1. The van der Waals surface area contributed by atoms with Crippen molar-refractivity contribution in [1.82, 2.24) is 14.0 Å². The van der Waals surface area contributed by atoms with Gasteiger partial charge in [-0.15, -0.1) is 0 Å². The van der Waals surface area contributed by atoms with E-state index in [1.165, 1.54) is 22.8 Å². The monoisotopic (exact) mass is 551 g/mol. The van der Waals surface area contributed by atoms with Crippen molar-refractivity contribution >= 4 is 29.0 Å². The molecular formula is C31H26FN5O4. The predicted octanol–water partition coefficient (Wildman–Crippen LogP) is 5.63. The quantitative estimate of drug-likeness (QED) is 0.273. The number of nitrogens with zero attached hydrogens (tertiary/aromatic N) is 3. The molecule has 0 radical (unpaired) electrons. The summed E-state index contributed by atoms with van der Waals surface area (Å²) in [7, 11) is 0. The van der Waals surface area contributed by atoms with E-state index in [0.29, 0.717) is 22.9 Å². The number of amides is 2. The van der Waals surface area contributed by atoms with Crippen molar-refractivity contribution in [1.29, 1.82) is 0 Å². The number of aromatic nitrogens is 3. The van der Waals surface area contributed by atoms with E-state index in [-0.39, 0.29) is 28.8 Å². The van der Waals surface area contributed by atoms with E-state index in [2.05, 4.69) is 15.6 Å². The van der Waals surface area contributed by atoms with Gasteiger partial charge in [0.25, 0.3) is 11.5 Å². The number of benzene rings is 2. The van der Waals surface area contributed by atoms with E-state index in [1.807, 2.05) is 32.0 Å². The molecule has 206 valence electrons. The molecule has 1 aliphatic rings. The Morgan fingerprint density at radius 3 is 2.49 bits per heavy atom. The van der Waals surface area contributed by atoms with Crippen molar-refractivity contribution < 1.29 is 18.7 Å². The molecule has 41 heavy (non-hydrogen) atoms. The zero-order valence-electron chi connectivity index (χ0n) is 22.3. The third-order valence-electron chi connectivity index (χ3n) is 6.91. The molecule has 5 aromatic rings. The maximum Gasteiger partial charge on any atom is 0.267 e. The van der Waals surface area contributed by atoms with E-state index in [4.69, 9.17) is 4.74 Å². The minimum atomic E-state index is -0.702. The van der Waals surface area contributed by atoms with Gasteiger partial charge in [0.1, 0.15) is 17.0 Å². The molecule has 0 spiro atoms. The molecule has 3 heterocycles. The highest BCUT2D eigenvalue weighted by molar-refractivity contribution is 6.04. The molecule has 2 aromatic carbocycles. The molecule has 0 bridgehead atoms. The van der Waals surface area contributed by atoms with Crippen molar-refractivity contribution in [2.24, 2.45) is 5.92 Å². The van der Waals surface area contributed by atoms with Gasteiger partial charge in [0, 0.05) is 23.9 Å². The fourth-order valence-electron chi connectivity index (χ4n) is 4.68. The number of imidazole rings is 1. The first kappa shape index (κ1) is 26.0. The van der Waals surface area contributed by atoms with E-state index in [0.717, 1.165) is 30.0 Å². The summed E-state index contributed by atoms with van der Waals surface area (Å²) in [5, 5.41) is 5.40. The van der Waals surface area contributed by atoms with Gasteiger partial charge in [-0.25, -0.2) is 9.37 Å². The number of fused-ring (bicyclic) bond motifs is 1. The summed E-state index contributed by atoms with van der Waals surface area (Å²) in [5.74, 6) is -0.610.